The van der Waals surface area contributed by atoms with Gasteiger partial charge in [0.1, 0.15) is 10.6 Å². The fraction of sp³-hybridized carbons (Fsp3) is 0.133. The number of methoxy groups -OCH3 is 1. The molecule has 0 atom stereocenters. The number of rotatable bonds is 6. The molecule has 2 aromatic heterocycles. The Morgan fingerprint density at radius 1 is 1.32 bits per heavy atom. The van der Waals surface area contributed by atoms with E-state index in [1.807, 2.05) is 6.07 Å². The summed E-state index contributed by atoms with van der Waals surface area (Å²) in [6.45, 7) is -0.0295. The normalized spacial score (nSPS) is 11.4. The molecule has 0 bridgehead atoms. The molecule has 0 amide bonds. The summed E-state index contributed by atoms with van der Waals surface area (Å²) in [4.78, 5) is 3.96. The second-order valence-electron chi connectivity index (χ2n) is 4.99. The van der Waals surface area contributed by atoms with E-state index in [9.17, 15) is 8.42 Å². The number of ether oxygens (including phenoxy) is 1. The first-order valence-electron chi connectivity index (χ1n) is 7.14. The highest BCUT2D eigenvalue weighted by Crippen LogP contribution is 2.26. The van der Waals surface area contributed by atoms with Gasteiger partial charge < -0.3 is 4.74 Å². The van der Waals surface area contributed by atoms with Crippen molar-refractivity contribution in [3.8, 4) is 11.4 Å². The molecule has 1 aromatic carbocycles. The van der Waals surface area contributed by atoms with E-state index in [2.05, 4.69) is 20.0 Å². The van der Waals surface area contributed by atoms with Gasteiger partial charge in [0.2, 0.25) is 10.0 Å². The summed E-state index contributed by atoms with van der Waals surface area (Å²) in [7, 11) is -2.44. The zero-order chi connectivity index (χ0) is 17.9. The van der Waals surface area contributed by atoms with Crippen molar-refractivity contribution in [2.45, 2.75) is 11.4 Å². The van der Waals surface area contributed by atoms with E-state index in [-0.39, 0.29) is 17.2 Å². The number of pyridine rings is 1. The number of sulfonamides is 1. The summed E-state index contributed by atoms with van der Waals surface area (Å²) in [5, 5.41) is 8.20. The minimum Gasteiger partial charge on any atom is -0.495 e. The Kier molecular flexibility index (Phi) is 4.98. The molecule has 130 valence electrons. The molecule has 8 nitrogen and oxygen atoms in total. The van der Waals surface area contributed by atoms with Gasteiger partial charge in [-0.3, -0.25) is 4.98 Å². The molecule has 0 spiro atoms. The highest BCUT2D eigenvalue weighted by atomic mass is 35.5. The Labute approximate surface area is 149 Å². The van der Waals surface area contributed by atoms with E-state index in [0.717, 1.165) is 5.69 Å². The summed E-state index contributed by atoms with van der Waals surface area (Å²) in [5.74, 6) is 0.205. The Morgan fingerprint density at radius 3 is 2.88 bits per heavy atom. The number of hydrogen-bond acceptors (Lipinski definition) is 6. The van der Waals surface area contributed by atoms with Crippen LogP contribution in [0.2, 0.25) is 5.02 Å². The van der Waals surface area contributed by atoms with Crippen LogP contribution in [0.4, 0.5) is 0 Å². The maximum Gasteiger partial charge on any atom is 0.244 e. The molecule has 0 saturated heterocycles. The molecule has 0 saturated carbocycles. The van der Waals surface area contributed by atoms with Gasteiger partial charge in [0, 0.05) is 11.2 Å². The van der Waals surface area contributed by atoms with Gasteiger partial charge in [-0.05, 0) is 30.3 Å². The molecular formula is C15H14ClN5O3S. The number of benzene rings is 1. The van der Waals surface area contributed by atoms with Gasteiger partial charge in [-0.2, -0.15) is 0 Å². The van der Waals surface area contributed by atoms with E-state index in [1.165, 1.54) is 23.9 Å². The second kappa shape index (κ2) is 7.18. The van der Waals surface area contributed by atoms with Crippen LogP contribution in [-0.2, 0) is 16.6 Å². The van der Waals surface area contributed by atoms with Crippen molar-refractivity contribution in [2.75, 3.05) is 7.11 Å². The molecule has 2 heterocycles. The molecule has 0 unspecified atom stereocenters. The van der Waals surface area contributed by atoms with Crippen molar-refractivity contribution in [3.05, 3.63) is 59.6 Å². The summed E-state index contributed by atoms with van der Waals surface area (Å²) in [5.41, 5.74) is 1.18. The van der Waals surface area contributed by atoms with Gasteiger partial charge in [0.25, 0.3) is 0 Å². The third kappa shape index (κ3) is 3.95. The van der Waals surface area contributed by atoms with Crippen molar-refractivity contribution < 1.29 is 13.2 Å². The van der Waals surface area contributed by atoms with Crippen molar-refractivity contribution in [1.29, 1.82) is 0 Å². The lowest BCUT2D eigenvalue weighted by atomic mass is 10.3. The minimum absolute atomic E-state index is 0.0295. The number of hydrogen-bond donors (Lipinski definition) is 1. The lowest BCUT2D eigenvalue weighted by Crippen LogP contribution is -2.24. The van der Waals surface area contributed by atoms with Gasteiger partial charge in [-0.15, -0.1) is 5.10 Å². The smallest absolute Gasteiger partial charge is 0.244 e. The second-order valence-corrected chi connectivity index (χ2v) is 7.16. The van der Waals surface area contributed by atoms with Crippen LogP contribution in [0.3, 0.4) is 0 Å². The first-order valence-corrected chi connectivity index (χ1v) is 9.00. The lowest BCUT2D eigenvalue weighted by Gasteiger charge is -2.10. The Hall–Kier alpha value is -2.49. The first-order chi connectivity index (χ1) is 12.0. The van der Waals surface area contributed by atoms with Gasteiger partial charge in [-0.25, -0.2) is 17.8 Å². The fourth-order valence-electron chi connectivity index (χ4n) is 2.10. The highest BCUT2D eigenvalue weighted by Gasteiger charge is 2.20. The van der Waals surface area contributed by atoms with E-state index >= 15 is 0 Å². The Morgan fingerprint density at radius 2 is 2.16 bits per heavy atom. The van der Waals surface area contributed by atoms with Gasteiger partial charge in [0.15, 0.2) is 0 Å². The SMILES string of the molecule is COc1ccc(Cl)cc1S(=O)(=O)NCc1cn(-c2cccnc2)nn1. The Bertz CT molecular complexity index is 976. The summed E-state index contributed by atoms with van der Waals surface area (Å²) >= 11 is 5.89. The van der Waals surface area contributed by atoms with Crippen LogP contribution in [0, 0.1) is 0 Å². The summed E-state index contributed by atoms with van der Waals surface area (Å²) < 4.78 is 34.1. The van der Waals surface area contributed by atoms with Gasteiger partial charge in [-0.1, -0.05) is 16.8 Å². The number of halogens is 1. The predicted octanol–water partition coefficient (Wildman–Crippen LogP) is 1.80. The maximum absolute atomic E-state index is 12.5. The van der Waals surface area contributed by atoms with Crippen LogP contribution in [0.1, 0.15) is 5.69 Å². The average Bonchev–Trinajstić information content (AvgIpc) is 3.10. The topological polar surface area (TPSA) is 99.0 Å². The van der Waals surface area contributed by atoms with Crippen LogP contribution < -0.4 is 9.46 Å². The van der Waals surface area contributed by atoms with Crippen LogP contribution in [0.15, 0.2) is 53.8 Å². The van der Waals surface area contributed by atoms with Gasteiger partial charge >= 0.3 is 0 Å². The van der Waals surface area contributed by atoms with Crippen molar-refractivity contribution in [3.63, 3.8) is 0 Å². The molecule has 0 aliphatic heterocycles. The highest BCUT2D eigenvalue weighted by molar-refractivity contribution is 7.89. The third-order valence-electron chi connectivity index (χ3n) is 3.31. The number of nitrogens with zero attached hydrogens (tertiary/aromatic N) is 4. The maximum atomic E-state index is 12.5. The molecule has 25 heavy (non-hydrogen) atoms. The monoisotopic (exact) mass is 379 g/mol. The molecule has 3 rings (SSSR count). The summed E-state index contributed by atoms with van der Waals surface area (Å²) in [6, 6.07) is 7.96. The van der Waals surface area contributed by atoms with Crippen molar-refractivity contribution in [2.24, 2.45) is 0 Å². The third-order valence-corrected chi connectivity index (χ3v) is 4.97. The standard InChI is InChI=1S/C15H14ClN5O3S/c1-24-14-5-4-11(16)7-15(14)25(22,23)18-8-12-10-21(20-19-12)13-3-2-6-17-9-13/h2-7,9-10,18H,8H2,1H3. The Balaban J connectivity index is 1.77. The molecule has 0 fully saturated rings. The zero-order valence-electron chi connectivity index (χ0n) is 13.1. The van der Waals surface area contributed by atoms with E-state index < -0.39 is 10.0 Å². The van der Waals surface area contributed by atoms with Crippen LogP contribution in [0.25, 0.3) is 5.69 Å². The zero-order valence-corrected chi connectivity index (χ0v) is 14.7. The minimum atomic E-state index is -3.83. The molecule has 1 N–H and O–H groups in total. The molecule has 10 heteroatoms. The first kappa shape index (κ1) is 17.3. The molecular weight excluding hydrogens is 366 g/mol. The lowest BCUT2D eigenvalue weighted by molar-refractivity contribution is 0.402. The van der Waals surface area contributed by atoms with Crippen molar-refractivity contribution in [1.82, 2.24) is 24.7 Å². The predicted molar refractivity (Wildman–Crippen MR) is 91.2 cm³/mol. The van der Waals surface area contributed by atoms with Crippen LogP contribution >= 0.6 is 11.6 Å². The van der Waals surface area contributed by atoms with E-state index in [4.69, 9.17) is 16.3 Å². The molecule has 0 aliphatic carbocycles. The molecule has 0 aliphatic rings. The fourth-order valence-corrected chi connectivity index (χ4v) is 3.53. The number of nitrogens with one attached hydrogen (secondary N) is 1. The van der Waals surface area contributed by atoms with Crippen LogP contribution in [0.5, 0.6) is 5.75 Å². The average molecular weight is 380 g/mol. The molecule has 3 aromatic rings. The number of aromatic nitrogens is 4. The summed E-state index contributed by atoms with van der Waals surface area (Å²) in [6.07, 6.45) is 4.89. The largest absolute Gasteiger partial charge is 0.495 e. The van der Waals surface area contributed by atoms with E-state index in [1.54, 1.807) is 30.7 Å². The van der Waals surface area contributed by atoms with E-state index in [0.29, 0.717) is 10.7 Å². The van der Waals surface area contributed by atoms with Gasteiger partial charge in [0.05, 0.1) is 37.4 Å². The quantitative estimate of drug-likeness (QED) is 0.701. The van der Waals surface area contributed by atoms with Crippen molar-refractivity contribution >= 4 is 21.6 Å². The molecule has 0 radical (unpaired) electrons. The van der Waals surface area contributed by atoms with Crippen LogP contribution in [-0.4, -0.2) is 35.5 Å².